The number of phenols is 1. The third kappa shape index (κ3) is 3.47. The summed E-state index contributed by atoms with van der Waals surface area (Å²) in [4.78, 5) is 12.0. The van der Waals surface area contributed by atoms with Gasteiger partial charge in [-0.05, 0) is 26.0 Å². The van der Waals surface area contributed by atoms with Gasteiger partial charge in [-0.3, -0.25) is 4.79 Å². The molecule has 1 unspecified atom stereocenters. The minimum atomic E-state index is -0.307. The topological polar surface area (TPSA) is 46.5 Å². The fourth-order valence-electron chi connectivity index (χ4n) is 1.05. The lowest BCUT2D eigenvalue weighted by molar-refractivity contribution is -0.142. The lowest BCUT2D eigenvalue weighted by Gasteiger charge is -2.10. The van der Waals surface area contributed by atoms with E-state index in [-0.39, 0.29) is 17.0 Å². The van der Waals surface area contributed by atoms with E-state index in [1.807, 2.05) is 6.07 Å². The van der Waals surface area contributed by atoms with Crippen molar-refractivity contribution in [3.63, 3.8) is 0 Å². The predicted molar refractivity (Wildman–Crippen MR) is 60.1 cm³/mol. The van der Waals surface area contributed by atoms with E-state index in [1.165, 1.54) is 11.8 Å². The van der Waals surface area contributed by atoms with Crippen LogP contribution in [0.3, 0.4) is 0 Å². The van der Waals surface area contributed by atoms with Gasteiger partial charge in [0.25, 0.3) is 0 Å². The van der Waals surface area contributed by atoms with Gasteiger partial charge in [-0.1, -0.05) is 12.1 Å². The van der Waals surface area contributed by atoms with Crippen LogP contribution >= 0.6 is 11.8 Å². The highest BCUT2D eigenvalue weighted by atomic mass is 32.2. The molecule has 0 bridgehead atoms. The van der Waals surface area contributed by atoms with E-state index in [2.05, 4.69) is 0 Å². The molecule has 0 saturated heterocycles. The molecule has 0 radical (unpaired) electrons. The SMILES string of the molecule is CCOC(=O)C(C)Sc1ccccc1O. The van der Waals surface area contributed by atoms with Crippen molar-refractivity contribution in [1.29, 1.82) is 0 Å². The molecule has 1 aromatic rings. The molecular formula is C11H14O3S. The summed E-state index contributed by atoms with van der Waals surface area (Å²) < 4.78 is 4.87. The Bertz CT molecular complexity index is 338. The summed E-state index contributed by atoms with van der Waals surface area (Å²) in [6.07, 6.45) is 0. The fraction of sp³-hybridized carbons (Fsp3) is 0.364. The minimum Gasteiger partial charge on any atom is -0.507 e. The molecule has 0 aliphatic rings. The number of rotatable bonds is 4. The molecule has 0 heterocycles. The zero-order valence-electron chi connectivity index (χ0n) is 8.77. The van der Waals surface area contributed by atoms with Crippen molar-refractivity contribution in [2.75, 3.05) is 6.61 Å². The number of benzene rings is 1. The molecule has 1 aromatic carbocycles. The maximum Gasteiger partial charge on any atom is 0.319 e. The van der Waals surface area contributed by atoms with E-state index < -0.39 is 0 Å². The van der Waals surface area contributed by atoms with Crippen molar-refractivity contribution >= 4 is 17.7 Å². The van der Waals surface area contributed by atoms with Crippen molar-refractivity contribution < 1.29 is 14.6 Å². The average molecular weight is 226 g/mol. The van der Waals surface area contributed by atoms with Gasteiger partial charge in [0.2, 0.25) is 0 Å². The Hall–Kier alpha value is -1.16. The molecule has 0 spiro atoms. The first-order valence-electron chi connectivity index (χ1n) is 4.76. The molecule has 0 aromatic heterocycles. The number of carbonyl (C=O) groups is 1. The van der Waals surface area contributed by atoms with E-state index in [4.69, 9.17) is 4.74 Å². The van der Waals surface area contributed by atoms with Gasteiger partial charge < -0.3 is 9.84 Å². The second-order valence-corrected chi connectivity index (χ2v) is 4.36. The summed E-state index contributed by atoms with van der Waals surface area (Å²) in [6, 6.07) is 6.93. The van der Waals surface area contributed by atoms with Gasteiger partial charge in [-0.25, -0.2) is 0 Å². The number of hydrogen-bond donors (Lipinski definition) is 1. The minimum absolute atomic E-state index is 0.193. The van der Waals surface area contributed by atoms with E-state index in [9.17, 15) is 9.90 Å². The Morgan fingerprint density at radius 3 is 2.80 bits per heavy atom. The molecular weight excluding hydrogens is 212 g/mol. The lowest BCUT2D eigenvalue weighted by Crippen LogP contribution is -2.16. The summed E-state index contributed by atoms with van der Waals surface area (Å²) in [5.41, 5.74) is 0. The van der Waals surface area contributed by atoms with Gasteiger partial charge in [-0.15, -0.1) is 11.8 Å². The Balaban J connectivity index is 2.62. The second-order valence-electron chi connectivity index (χ2n) is 2.98. The highest BCUT2D eigenvalue weighted by Gasteiger charge is 2.16. The lowest BCUT2D eigenvalue weighted by atomic mass is 10.3. The van der Waals surface area contributed by atoms with Crippen LogP contribution < -0.4 is 0 Å². The van der Waals surface area contributed by atoms with Gasteiger partial charge in [0.05, 0.1) is 6.61 Å². The van der Waals surface area contributed by atoms with Crippen molar-refractivity contribution in [3.05, 3.63) is 24.3 Å². The first-order valence-corrected chi connectivity index (χ1v) is 5.64. The first kappa shape index (κ1) is 11.9. The number of esters is 1. The van der Waals surface area contributed by atoms with Gasteiger partial charge in [0, 0.05) is 4.90 Å². The van der Waals surface area contributed by atoms with Crippen molar-refractivity contribution in [1.82, 2.24) is 0 Å². The number of phenolic OH excluding ortho intramolecular Hbond substituents is 1. The molecule has 4 heteroatoms. The van der Waals surface area contributed by atoms with Crippen LogP contribution in [0, 0.1) is 0 Å². The van der Waals surface area contributed by atoms with E-state index in [0.29, 0.717) is 11.5 Å². The number of aromatic hydroxyl groups is 1. The van der Waals surface area contributed by atoms with Gasteiger partial charge in [0.1, 0.15) is 11.0 Å². The van der Waals surface area contributed by atoms with Crippen LogP contribution in [0.15, 0.2) is 29.2 Å². The molecule has 1 atom stereocenters. The molecule has 15 heavy (non-hydrogen) atoms. The summed E-state index contributed by atoms with van der Waals surface area (Å²) in [5, 5.41) is 9.19. The largest absolute Gasteiger partial charge is 0.507 e. The highest BCUT2D eigenvalue weighted by Crippen LogP contribution is 2.31. The van der Waals surface area contributed by atoms with Crippen LogP contribution in [-0.4, -0.2) is 22.9 Å². The van der Waals surface area contributed by atoms with Gasteiger partial charge in [0.15, 0.2) is 0 Å². The molecule has 3 nitrogen and oxygen atoms in total. The fourth-order valence-corrected chi connectivity index (χ4v) is 1.95. The Morgan fingerprint density at radius 1 is 1.53 bits per heavy atom. The Morgan fingerprint density at radius 2 is 2.20 bits per heavy atom. The zero-order chi connectivity index (χ0) is 11.3. The molecule has 0 fully saturated rings. The maximum atomic E-state index is 11.3. The van der Waals surface area contributed by atoms with Crippen LogP contribution in [0.4, 0.5) is 0 Å². The number of ether oxygens (including phenoxy) is 1. The molecule has 0 amide bonds. The second kappa shape index (κ2) is 5.66. The summed E-state index contributed by atoms with van der Waals surface area (Å²) in [7, 11) is 0. The van der Waals surface area contributed by atoms with Crippen LogP contribution in [0.1, 0.15) is 13.8 Å². The first-order chi connectivity index (χ1) is 7.15. The average Bonchev–Trinajstić information content (AvgIpc) is 2.21. The number of para-hydroxylation sites is 1. The summed E-state index contributed by atoms with van der Waals surface area (Å²) in [6.45, 7) is 3.91. The third-order valence-corrected chi connectivity index (χ3v) is 2.93. The monoisotopic (exact) mass is 226 g/mol. The van der Waals surface area contributed by atoms with Crippen molar-refractivity contribution in [3.8, 4) is 5.75 Å². The van der Waals surface area contributed by atoms with Gasteiger partial charge in [-0.2, -0.15) is 0 Å². The Kier molecular flexibility index (Phi) is 4.49. The highest BCUT2D eigenvalue weighted by molar-refractivity contribution is 8.00. The Labute approximate surface area is 93.4 Å². The predicted octanol–water partition coefficient (Wildman–Crippen LogP) is 2.44. The van der Waals surface area contributed by atoms with Crippen LogP contribution in [0.2, 0.25) is 0 Å². The van der Waals surface area contributed by atoms with Crippen molar-refractivity contribution in [2.24, 2.45) is 0 Å². The molecule has 0 saturated carbocycles. The van der Waals surface area contributed by atoms with Gasteiger partial charge >= 0.3 is 5.97 Å². The summed E-state index contributed by atoms with van der Waals surface area (Å²) in [5.74, 6) is -0.0654. The third-order valence-electron chi connectivity index (χ3n) is 1.79. The summed E-state index contributed by atoms with van der Waals surface area (Å²) >= 11 is 1.29. The van der Waals surface area contributed by atoms with Crippen LogP contribution in [0.5, 0.6) is 5.75 Å². The normalized spacial score (nSPS) is 12.1. The standard InChI is InChI=1S/C11H14O3S/c1-3-14-11(13)8(2)15-10-7-5-4-6-9(10)12/h4-8,12H,3H2,1-2H3. The molecule has 0 aliphatic heterocycles. The zero-order valence-corrected chi connectivity index (χ0v) is 9.58. The number of hydrogen-bond acceptors (Lipinski definition) is 4. The van der Waals surface area contributed by atoms with Crippen LogP contribution in [-0.2, 0) is 9.53 Å². The van der Waals surface area contributed by atoms with Crippen molar-refractivity contribution in [2.45, 2.75) is 24.0 Å². The smallest absolute Gasteiger partial charge is 0.319 e. The quantitative estimate of drug-likeness (QED) is 0.632. The van der Waals surface area contributed by atoms with E-state index in [0.717, 1.165) is 0 Å². The molecule has 0 aliphatic carbocycles. The molecule has 82 valence electrons. The van der Waals surface area contributed by atoms with E-state index >= 15 is 0 Å². The number of carbonyl (C=O) groups excluding carboxylic acids is 1. The molecule has 1 rings (SSSR count). The number of thioether (sulfide) groups is 1. The molecule has 1 N–H and O–H groups in total. The van der Waals surface area contributed by atoms with E-state index in [1.54, 1.807) is 32.0 Å². The maximum absolute atomic E-state index is 11.3. The van der Waals surface area contributed by atoms with Crippen LogP contribution in [0.25, 0.3) is 0 Å².